The number of methoxy groups -OCH3 is 1. The van der Waals surface area contributed by atoms with E-state index >= 15 is 0 Å². The molecule has 6 nitrogen and oxygen atoms in total. The summed E-state index contributed by atoms with van der Waals surface area (Å²) in [6.45, 7) is 4.32. The van der Waals surface area contributed by atoms with E-state index in [0.29, 0.717) is 38.7 Å². The highest BCUT2D eigenvalue weighted by Gasteiger charge is 2.27. The lowest BCUT2D eigenvalue weighted by atomic mass is 9.90. The van der Waals surface area contributed by atoms with Crippen molar-refractivity contribution in [3.05, 3.63) is 58.7 Å². The Kier molecular flexibility index (Phi) is 7.22. The lowest BCUT2D eigenvalue weighted by molar-refractivity contribution is 0.0604. The summed E-state index contributed by atoms with van der Waals surface area (Å²) in [4.78, 5) is 23.2. The second kappa shape index (κ2) is 9.84. The van der Waals surface area contributed by atoms with Gasteiger partial charge in [-0.15, -0.1) is 0 Å². The van der Waals surface area contributed by atoms with Gasteiger partial charge in [-0.3, -0.25) is 4.79 Å². The van der Waals surface area contributed by atoms with Crippen molar-refractivity contribution in [2.75, 3.05) is 33.4 Å². The molecule has 0 aliphatic carbocycles. The number of likely N-dealkylation sites (tertiary alicyclic amines) is 1. The van der Waals surface area contributed by atoms with Gasteiger partial charge in [0.05, 0.1) is 25.5 Å². The lowest BCUT2D eigenvalue weighted by Gasteiger charge is -2.32. The molecule has 1 aromatic heterocycles. The summed E-state index contributed by atoms with van der Waals surface area (Å²) in [5.74, 6) is -1.38. The first kappa shape index (κ1) is 21.3. The molecule has 0 radical (unpaired) electrons. The van der Waals surface area contributed by atoms with Gasteiger partial charge < -0.3 is 14.4 Å². The summed E-state index contributed by atoms with van der Waals surface area (Å²) in [5.41, 5.74) is 2.05. The van der Waals surface area contributed by atoms with Crippen LogP contribution in [0.15, 0.2) is 24.4 Å². The molecule has 0 N–H and O–H groups in total. The van der Waals surface area contributed by atoms with Gasteiger partial charge in [-0.1, -0.05) is 0 Å². The monoisotopic (exact) mass is 405 g/mol. The molecule has 1 fully saturated rings. The van der Waals surface area contributed by atoms with Gasteiger partial charge in [-0.25, -0.2) is 18.7 Å². The van der Waals surface area contributed by atoms with E-state index in [2.05, 4.69) is 9.97 Å². The van der Waals surface area contributed by atoms with Crippen LogP contribution in [0.1, 0.15) is 46.2 Å². The van der Waals surface area contributed by atoms with Crippen LogP contribution in [0.3, 0.4) is 0 Å². The Bertz CT molecular complexity index is 855. The predicted molar refractivity (Wildman–Crippen MR) is 103 cm³/mol. The minimum Gasteiger partial charge on any atom is -0.382 e. The maximum atomic E-state index is 13.4. The average Bonchev–Trinajstić information content (AvgIpc) is 2.73. The van der Waals surface area contributed by atoms with Crippen molar-refractivity contribution in [3.8, 4) is 0 Å². The van der Waals surface area contributed by atoms with Crippen LogP contribution in [0.25, 0.3) is 0 Å². The van der Waals surface area contributed by atoms with Gasteiger partial charge in [0.15, 0.2) is 11.6 Å². The number of benzene rings is 1. The summed E-state index contributed by atoms with van der Waals surface area (Å²) < 4.78 is 37.2. The van der Waals surface area contributed by atoms with Gasteiger partial charge in [-0.2, -0.15) is 0 Å². The minimum absolute atomic E-state index is 0.160. The summed E-state index contributed by atoms with van der Waals surface area (Å²) in [5, 5.41) is 0. The highest BCUT2D eigenvalue weighted by atomic mass is 19.2. The number of ether oxygens (including phenoxy) is 2. The molecular formula is C21H25F2N3O3. The highest BCUT2D eigenvalue weighted by molar-refractivity contribution is 5.94. The molecule has 8 heteroatoms. The topological polar surface area (TPSA) is 64.6 Å². The number of aromatic nitrogens is 2. The Morgan fingerprint density at radius 2 is 1.97 bits per heavy atom. The summed E-state index contributed by atoms with van der Waals surface area (Å²) >= 11 is 0. The predicted octanol–water partition coefficient (Wildman–Crippen LogP) is 3.25. The Balaban J connectivity index is 1.64. The first-order chi connectivity index (χ1) is 14.0. The van der Waals surface area contributed by atoms with Crippen LogP contribution in [-0.2, 0) is 16.1 Å². The molecule has 0 saturated carbocycles. The van der Waals surface area contributed by atoms with Crippen molar-refractivity contribution in [3.63, 3.8) is 0 Å². The van der Waals surface area contributed by atoms with Crippen LogP contribution in [-0.4, -0.2) is 54.2 Å². The van der Waals surface area contributed by atoms with Gasteiger partial charge in [0.2, 0.25) is 0 Å². The molecular weight excluding hydrogens is 380 g/mol. The number of carbonyl (C=O) groups excluding carboxylic acids is 1. The standard InChI is InChI=1S/C21H25F2N3O3/c1-14-24-12-17(13-29-10-9-28-2)20(25-14)15-5-7-26(8-6-15)21(27)16-3-4-18(22)19(23)11-16/h3-4,11-12,15H,5-10,13H2,1-2H3. The average molecular weight is 405 g/mol. The van der Waals surface area contributed by atoms with Gasteiger partial charge in [0, 0.05) is 43.4 Å². The van der Waals surface area contributed by atoms with Crippen molar-refractivity contribution in [1.29, 1.82) is 0 Å². The normalized spacial score (nSPS) is 15.0. The molecule has 1 aliphatic rings. The second-order valence-corrected chi connectivity index (χ2v) is 7.07. The third kappa shape index (κ3) is 5.33. The molecule has 0 spiro atoms. The molecule has 0 atom stereocenters. The van der Waals surface area contributed by atoms with Crippen LogP contribution in [0.5, 0.6) is 0 Å². The minimum atomic E-state index is -1.01. The summed E-state index contributed by atoms with van der Waals surface area (Å²) in [7, 11) is 1.62. The zero-order valence-corrected chi connectivity index (χ0v) is 16.7. The van der Waals surface area contributed by atoms with Gasteiger partial charge in [0.1, 0.15) is 5.82 Å². The third-order valence-electron chi connectivity index (χ3n) is 5.04. The number of hydrogen-bond donors (Lipinski definition) is 0. The number of rotatable bonds is 7. The van der Waals surface area contributed by atoms with Crippen molar-refractivity contribution in [1.82, 2.24) is 14.9 Å². The molecule has 156 valence electrons. The van der Waals surface area contributed by atoms with Crippen LogP contribution >= 0.6 is 0 Å². The molecule has 1 saturated heterocycles. The zero-order valence-electron chi connectivity index (χ0n) is 16.7. The molecule has 2 heterocycles. The quantitative estimate of drug-likeness (QED) is 0.662. The zero-order chi connectivity index (χ0) is 20.8. The Morgan fingerprint density at radius 1 is 1.21 bits per heavy atom. The van der Waals surface area contributed by atoms with Gasteiger partial charge in [-0.05, 0) is 38.0 Å². The highest BCUT2D eigenvalue weighted by Crippen LogP contribution is 2.30. The van der Waals surface area contributed by atoms with Crippen molar-refractivity contribution >= 4 is 5.91 Å². The lowest BCUT2D eigenvalue weighted by Crippen LogP contribution is -2.38. The molecule has 3 rings (SSSR count). The SMILES string of the molecule is COCCOCc1cnc(C)nc1C1CCN(C(=O)c2ccc(F)c(F)c2)CC1. The fourth-order valence-corrected chi connectivity index (χ4v) is 3.47. The fraction of sp³-hybridized carbons (Fsp3) is 0.476. The molecule has 1 aromatic carbocycles. The Morgan fingerprint density at radius 3 is 2.66 bits per heavy atom. The molecule has 2 aromatic rings. The Hall–Kier alpha value is -2.45. The summed E-state index contributed by atoms with van der Waals surface area (Å²) in [6, 6.07) is 3.25. The second-order valence-electron chi connectivity index (χ2n) is 7.07. The molecule has 1 amide bonds. The fourth-order valence-electron chi connectivity index (χ4n) is 3.47. The van der Waals surface area contributed by atoms with Crippen LogP contribution in [0.4, 0.5) is 8.78 Å². The number of piperidine rings is 1. The molecule has 0 bridgehead atoms. The van der Waals surface area contributed by atoms with Crippen molar-refractivity contribution in [2.45, 2.75) is 32.3 Å². The van der Waals surface area contributed by atoms with E-state index in [4.69, 9.17) is 9.47 Å². The van der Waals surface area contributed by atoms with E-state index < -0.39 is 11.6 Å². The van der Waals surface area contributed by atoms with Crippen LogP contribution in [0.2, 0.25) is 0 Å². The van der Waals surface area contributed by atoms with Crippen LogP contribution < -0.4 is 0 Å². The van der Waals surface area contributed by atoms with Crippen molar-refractivity contribution < 1.29 is 23.0 Å². The van der Waals surface area contributed by atoms with Crippen molar-refractivity contribution in [2.24, 2.45) is 0 Å². The first-order valence-corrected chi connectivity index (χ1v) is 9.63. The summed E-state index contributed by atoms with van der Waals surface area (Å²) in [6.07, 6.45) is 3.26. The van der Waals surface area contributed by atoms with E-state index in [1.807, 2.05) is 6.92 Å². The maximum absolute atomic E-state index is 13.4. The third-order valence-corrected chi connectivity index (χ3v) is 5.04. The number of hydrogen-bond acceptors (Lipinski definition) is 5. The first-order valence-electron chi connectivity index (χ1n) is 9.63. The van der Waals surface area contributed by atoms with Gasteiger partial charge in [0.25, 0.3) is 5.91 Å². The van der Waals surface area contributed by atoms with Gasteiger partial charge >= 0.3 is 0 Å². The van der Waals surface area contributed by atoms with E-state index in [0.717, 1.165) is 36.2 Å². The molecule has 29 heavy (non-hydrogen) atoms. The van der Waals surface area contributed by atoms with E-state index in [1.54, 1.807) is 18.2 Å². The Labute approximate surface area is 168 Å². The largest absolute Gasteiger partial charge is 0.382 e. The molecule has 1 aliphatic heterocycles. The number of aryl methyl sites for hydroxylation is 1. The number of nitrogens with zero attached hydrogens (tertiary/aromatic N) is 3. The smallest absolute Gasteiger partial charge is 0.253 e. The number of halogens is 2. The molecule has 0 unspecified atom stereocenters. The maximum Gasteiger partial charge on any atom is 0.253 e. The van der Waals surface area contributed by atoms with Crippen LogP contribution in [0, 0.1) is 18.6 Å². The van der Waals surface area contributed by atoms with E-state index in [9.17, 15) is 13.6 Å². The number of carbonyl (C=O) groups is 1. The number of amides is 1. The van der Waals surface area contributed by atoms with E-state index in [-0.39, 0.29) is 17.4 Å². The van der Waals surface area contributed by atoms with E-state index in [1.165, 1.54) is 6.07 Å².